The molecule has 6 nitrogen and oxygen atoms in total. The van der Waals surface area contributed by atoms with Crippen LogP contribution in [-0.2, 0) is 4.79 Å². The highest BCUT2D eigenvalue weighted by Crippen LogP contribution is 2.18. The molecule has 1 heterocycles. The van der Waals surface area contributed by atoms with E-state index < -0.39 is 5.91 Å². The van der Waals surface area contributed by atoms with Crippen molar-refractivity contribution in [2.75, 3.05) is 6.54 Å². The number of imidazole rings is 1. The predicted molar refractivity (Wildman–Crippen MR) is 84.4 cm³/mol. The van der Waals surface area contributed by atoms with Crippen LogP contribution >= 0.6 is 12.2 Å². The largest absolute Gasteiger partial charge is 0.352 e. The van der Waals surface area contributed by atoms with E-state index in [1.54, 1.807) is 0 Å². The Hall–Kier alpha value is -2.48. The van der Waals surface area contributed by atoms with Crippen molar-refractivity contribution in [2.24, 2.45) is 0 Å². The molecule has 0 bridgehead atoms. The lowest BCUT2D eigenvalue weighted by Gasteiger charge is -2.09. The number of benzene rings is 1. The van der Waals surface area contributed by atoms with E-state index in [2.05, 4.69) is 15.6 Å². The second kappa shape index (κ2) is 6.33. The Kier molecular flexibility index (Phi) is 4.24. The summed E-state index contributed by atoms with van der Waals surface area (Å²) in [6.07, 6.45) is 3.43. The van der Waals surface area contributed by atoms with Gasteiger partial charge < -0.3 is 15.6 Å². The van der Waals surface area contributed by atoms with Gasteiger partial charge in [-0.05, 0) is 49.3 Å². The highest BCUT2D eigenvalue weighted by Gasteiger charge is 2.23. The molecule has 1 saturated carbocycles. The average Bonchev–Trinajstić information content (AvgIpc) is 3.26. The Morgan fingerprint density at radius 1 is 1.30 bits per heavy atom. The number of carbonyl (C=O) groups excluding carboxylic acids is 2. The molecule has 3 rings (SSSR count). The van der Waals surface area contributed by atoms with Crippen molar-refractivity contribution >= 4 is 24.0 Å². The molecule has 1 aromatic carbocycles. The van der Waals surface area contributed by atoms with Gasteiger partial charge in [-0.25, -0.2) is 4.39 Å². The van der Waals surface area contributed by atoms with Crippen molar-refractivity contribution in [3.05, 3.63) is 46.7 Å². The normalized spacial score (nSPS) is 13.6. The molecule has 2 aromatic rings. The molecule has 1 aliphatic carbocycles. The van der Waals surface area contributed by atoms with Crippen LogP contribution in [0.25, 0.3) is 5.69 Å². The molecule has 0 unspecified atom stereocenters. The van der Waals surface area contributed by atoms with E-state index in [1.807, 2.05) is 0 Å². The van der Waals surface area contributed by atoms with Crippen molar-refractivity contribution < 1.29 is 14.0 Å². The van der Waals surface area contributed by atoms with Crippen LogP contribution in [0, 0.1) is 10.6 Å². The molecule has 0 saturated heterocycles. The first kappa shape index (κ1) is 15.4. The Morgan fingerprint density at radius 2 is 2.00 bits per heavy atom. The lowest BCUT2D eigenvalue weighted by atomic mass is 10.3. The number of nitrogens with zero attached hydrogens (tertiary/aromatic N) is 1. The first-order valence-corrected chi connectivity index (χ1v) is 7.59. The van der Waals surface area contributed by atoms with Gasteiger partial charge in [-0.2, -0.15) is 0 Å². The molecular formula is C15H15FN4O2S. The van der Waals surface area contributed by atoms with Gasteiger partial charge in [0.15, 0.2) is 4.77 Å². The summed E-state index contributed by atoms with van der Waals surface area (Å²) in [5.74, 6) is -1.03. The minimum absolute atomic E-state index is 0.101. The molecule has 0 spiro atoms. The summed E-state index contributed by atoms with van der Waals surface area (Å²) in [6, 6.07) is 5.87. The predicted octanol–water partition coefficient (Wildman–Crippen LogP) is 1.68. The fourth-order valence-corrected chi connectivity index (χ4v) is 2.40. The number of hydrogen-bond donors (Lipinski definition) is 3. The molecule has 1 aromatic heterocycles. The van der Waals surface area contributed by atoms with Crippen LogP contribution < -0.4 is 10.6 Å². The van der Waals surface area contributed by atoms with Gasteiger partial charge in [-0.1, -0.05) is 0 Å². The maximum absolute atomic E-state index is 13.0. The zero-order valence-electron chi connectivity index (χ0n) is 12.1. The number of hydrogen-bond acceptors (Lipinski definition) is 3. The Labute approximate surface area is 136 Å². The number of nitrogens with one attached hydrogen (secondary N) is 3. The topological polar surface area (TPSA) is 78.9 Å². The molecule has 3 N–H and O–H groups in total. The molecular weight excluding hydrogens is 319 g/mol. The number of aromatic amines is 1. The van der Waals surface area contributed by atoms with E-state index >= 15 is 0 Å². The van der Waals surface area contributed by atoms with Crippen molar-refractivity contribution in [3.8, 4) is 5.69 Å². The van der Waals surface area contributed by atoms with Gasteiger partial charge in [0.1, 0.15) is 11.5 Å². The van der Waals surface area contributed by atoms with Crippen LogP contribution in [0.3, 0.4) is 0 Å². The van der Waals surface area contributed by atoms with Gasteiger partial charge in [-0.15, -0.1) is 0 Å². The number of carbonyl (C=O) groups is 2. The van der Waals surface area contributed by atoms with Crippen molar-refractivity contribution in [3.63, 3.8) is 0 Å². The lowest BCUT2D eigenvalue weighted by molar-refractivity contribution is -0.120. The van der Waals surface area contributed by atoms with Gasteiger partial charge >= 0.3 is 0 Å². The molecule has 0 atom stereocenters. The fourth-order valence-electron chi connectivity index (χ4n) is 2.14. The highest BCUT2D eigenvalue weighted by atomic mass is 32.1. The van der Waals surface area contributed by atoms with Crippen LogP contribution in [0.15, 0.2) is 30.5 Å². The van der Waals surface area contributed by atoms with E-state index in [0.29, 0.717) is 10.5 Å². The maximum atomic E-state index is 13.0. The molecule has 120 valence electrons. The number of halogens is 1. The average molecular weight is 334 g/mol. The monoisotopic (exact) mass is 334 g/mol. The molecule has 23 heavy (non-hydrogen) atoms. The molecule has 2 amide bonds. The standard InChI is InChI=1S/C15H15FN4O2S/c16-9-1-5-11(6-2-9)20-12(7-18-15(20)23)14(22)17-8-13(21)19-10-3-4-10/h1-2,5-7,10H,3-4,8H2,(H,17,22)(H,18,23)(H,19,21). The third-order valence-electron chi connectivity index (χ3n) is 3.45. The minimum Gasteiger partial charge on any atom is -0.352 e. The van der Waals surface area contributed by atoms with Gasteiger partial charge in [-0.3, -0.25) is 14.2 Å². The van der Waals surface area contributed by atoms with Crippen LogP contribution in [0.2, 0.25) is 0 Å². The zero-order valence-corrected chi connectivity index (χ0v) is 13.0. The van der Waals surface area contributed by atoms with E-state index in [1.165, 1.54) is 35.0 Å². The summed E-state index contributed by atoms with van der Waals surface area (Å²) < 4.78 is 14.8. The second-order valence-corrected chi connectivity index (χ2v) is 5.70. The molecule has 1 aliphatic rings. The van der Waals surface area contributed by atoms with Crippen LogP contribution in [-0.4, -0.2) is 34.0 Å². The lowest BCUT2D eigenvalue weighted by Crippen LogP contribution is -2.38. The highest BCUT2D eigenvalue weighted by molar-refractivity contribution is 7.71. The summed E-state index contributed by atoms with van der Waals surface area (Å²) >= 11 is 5.16. The summed E-state index contributed by atoms with van der Waals surface area (Å²) in [7, 11) is 0. The SMILES string of the molecule is O=C(CNC(=O)c1c[nH]c(=S)n1-c1ccc(F)cc1)NC1CC1. The van der Waals surface area contributed by atoms with E-state index in [-0.39, 0.29) is 30.0 Å². The number of aromatic nitrogens is 2. The van der Waals surface area contributed by atoms with Gasteiger partial charge in [0.05, 0.1) is 6.54 Å². The molecule has 0 radical (unpaired) electrons. The van der Waals surface area contributed by atoms with Gasteiger partial charge in [0.25, 0.3) is 5.91 Å². The quantitative estimate of drug-likeness (QED) is 0.728. The zero-order chi connectivity index (χ0) is 16.4. The van der Waals surface area contributed by atoms with Crippen LogP contribution in [0.4, 0.5) is 4.39 Å². The molecule has 0 aliphatic heterocycles. The minimum atomic E-state index is -0.437. The first-order chi connectivity index (χ1) is 11.0. The van der Waals surface area contributed by atoms with Gasteiger partial charge in [0, 0.05) is 17.9 Å². The Morgan fingerprint density at radius 3 is 2.65 bits per heavy atom. The second-order valence-electron chi connectivity index (χ2n) is 5.32. The Bertz CT molecular complexity index is 793. The maximum Gasteiger partial charge on any atom is 0.270 e. The van der Waals surface area contributed by atoms with E-state index in [4.69, 9.17) is 12.2 Å². The summed E-state index contributed by atoms with van der Waals surface area (Å²) in [5, 5.41) is 5.34. The van der Waals surface area contributed by atoms with Crippen LogP contribution in [0.5, 0.6) is 0 Å². The fraction of sp³-hybridized carbons (Fsp3) is 0.267. The van der Waals surface area contributed by atoms with Crippen molar-refractivity contribution in [1.82, 2.24) is 20.2 Å². The third kappa shape index (κ3) is 3.65. The van der Waals surface area contributed by atoms with Crippen molar-refractivity contribution in [2.45, 2.75) is 18.9 Å². The first-order valence-electron chi connectivity index (χ1n) is 7.18. The Balaban J connectivity index is 1.74. The summed E-state index contributed by atoms with van der Waals surface area (Å²) in [6.45, 7) is -0.101. The molecule has 8 heteroatoms. The van der Waals surface area contributed by atoms with E-state index in [9.17, 15) is 14.0 Å². The summed E-state index contributed by atoms with van der Waals surface area (Å²) in [5.41, 5.74) is 0.811. The smallest absolute Gasteiger partial charge is 0.270 e. The summed E-state index contributed by atoms with van der Waals surface area (Å²) in [4.78, 5) is 26.7. The number of H-pyrrole nitrogens is 1. The van der Waals surface area contributed by atoms with Crippen LogP contribution in [0.1, 0.15) is 23.3 Å². The van der Waals surface area contributed by atoms with E-state index in [0.717, 1.165) is 12.8 Å². The van der Waals surface area contributed by atoms with Crippen molar-refractivity contribution in [1.29, 1.82) is 0 Å². The number of amides is 2. The third-order valence-corrected chi connectivity index (χ3v) is 3.75. The number of rotatable bonds is 5. The molecule has 1 fully saturated rings. The van der Waals surface area contributed by atoms with Gasteiger partial charge in [0.2, 0.25) is 5.91 Å².